The quantitative estimate of drug-likeness (QED) is 0.429. The van der Waals surface area contributed by atoms with Crippen LogP contribution in [0.1, 0.15) is 44.6 Å². The van der Waals surface area contributed by atoms with E-state index in [9.17, 15) is 9.90 Å². The Balaban J connectivity index is 1.18. The number of carbonyl (C=O) groups is 1. The number of aliphatic imine (C=N–C) groups is 1. The molecule has 2 atom stereocenters. The van der Waals surface area contributed by atoms with Gasteiger partial charge < -0.3 is 24.6 Å². The van der Waals surface area contributed by atoms with E-state index >= 15 is 0 Å². The van der Waals surface area contributed by atoms with Crippen molar-refractivity contribution >= 4 is 23.5 Å². The molecule has 2 heterocycles. The lowest BCUT2D eigenvalue weighted by molar-refractivity contribution is -0.335. The van der Waals surface area contributed by atoms with Gasteiger partial charge in [0.05, 0.1) is 0 Å². The lowest BCUT2D eigenvalue weighted by Crippen LogP contribution is -2.42. The van der Waals surface area contributed by atoms with Gasteiger partial charge in [0.2, 0.25) is 5.91 Å². The largest absolute Gasteiger partial charge is 0.490 e. The van der Waals surface area contributed by atoms with Gasteiger partial charge in [0.15, 0.2) is 18.6 Å². The predicted octanol–water partition coefficient (Wildman–Crippen LogP) is 4.53. The van der Waals surface area contributed by atoms with Gasteiger partial charge >= 0.3 is 5.84 Å². The molecule has 2 aromatic rings. The number of benzene rings is 2. The van der Waals surface area contributed by atoms with Crippen LogP contribution in [0.4, 0.5) is 0 Å². The molecule has 40 heavy (non-hydrogen) atoms. The minimum atomic E-state index is -0.266. The summed E-state index contributed by atoms with van der Waals surface area (Å²) in [5.74, 6) is 1.71. The van der Waals surface area contributed by atoms with E-state index in [-0.39, 0.29) is 36.9 Å². The molecule has 3 aliphatic rings. The first-order valence-corrected chi connectivity index (χ1v) is 14.1. The van der Waals surface area contributed by atoms with Crippen LogP contribution in [-0.2, 0) is 14.3 Å². The van der Waals surface area contributed by atoms with Crippen LogP contribution in [0.25, 0.3) is 17.2 Å². The number of hydrogen-bond donors (Lipinski definition) is 2. The molecule has 0 radical (unpaired) electrons. The van der Waals surface area contributed by atoms with Crippen molar-refractivity contribution in [1.29, 1.82) is 0 Å². The Kier molecular flexibility index (Phi) is 9.21. The Hall–Kier alpha value is -3.59. The molecule has 1 amide bonds. The molecule has 2 N–H and O–H groups in total. The SMILES string of the molecule is CNC(=O)C1CC(Oc2ccc(-c3ccc(/C=C/C(CO)=[N+]4C=CN=C4C(C)OC4CCCCO4)cc3)cc2)C1. The van der Waals surface area contributed by atoms with Gasteiger partial charge in [0, 0.05) is 19.6 Å². The third-order valence-electron chi connectivity index (χ3n) is 7.58. The number of hydrogen-bond acceptors (Lipinski definition) is 6. The van der Waals surface area contributed by atoms with E-state index in [1.165, 1.54) is 0 Å². The summed E-state index contributed by atoms with van der Waals surface area (Å²) in [5.41, 5.74) is 3.93. The van der Waals surface area contributed by atoms with Crippen LogP contribution in [0.15, 0.2) is 72.0 Å². The van der Waals surface area contributed by atoms with Gasteiger partial charge in [-0.25, -0.2) is 0 Å². The summed E-state index contributed by atoms with van der Waals surface area (Å²) in [5, 5.41) is 12.8. The molecular formula is C32H38N3O5+. The van der Waals surface area contributed by atoms with Gasteiger partial charge in [0.25, 0.3) is 0 Å². The number of amides is 1. The van der Waals surface area contributed by atoms with Crippen molar-refractivity contribution in [2.45, 2.75) is 57.5 Å². The fraction of sp³-hybridized carbons (Fsp3) is 0.406. The monoisotopic (exact) mass is 544 g/mol. The highest BCUT2D eigenvalue weighted by molar-refractivity contribution is 6.00. The zero-order chi connectivity index (χ0) is 27.9. The summed E-state index contributed by atoms with van der Waals surface area (Å²) in [6, 6.07) is 16.3. The molecule has 1 saturated carbocycles. The van der Waals surface area contributed by atoms with Gasteiger partial charge in [-0.1, -0.05) is 42.5 Å². The number of nitrogens with zero attached hydrogens (tertiary/aromatic N) is 2. The number of ether oxygens (including phenoxy) is 3. The van der Waals surface area contributed by atoms with Gasteiger partial charge in [-0.2, -0.15) is 4.58 Å². The van der Waals surface area contributed by atoms with Crippen molar-refractivity contribution in [3.8, 4) is 16.9 Å². The summed E-state index contributed by atoms with van der Waals surface area (Å²) >= 11 is 0. The van der Waals surface area contributed by atoms with Crippen molar-refractivity contribution in [2.24, 2.45) is 10.9 Å². The minimum Gasteiger partial charge on any atom is -0.490 e. The fourth-order valence-corrected chi connectivity index (χ4v) is 5.15. The zero-order valence-electron chi connectivity index (χ0n) is 23.2. The van der Waals surface area contributed by atoms with Crippen molar-refractivity contribution < 1.29 is 28.7 Å². The summed E-state index contributed by atoms with van der Waals surface area (Å²) in [6.07, 6.45) is 11.6. The number of aliphatic hydroxyl groups is 1. The van der Waals surface area contributed by atoms with Crippen LogP contribution in [0.5, 0.6) is 5.75 Å². The van der Waals surface area contributed by atoms with Crippen LogP contribution in [0.2, 0.25) is 0 Å². The third kappa shape index (κ3) is 6.75. The number of rotatable bonds is 10. The third-order valence-corrected chi connectivity index (χ3v) is 7.58. The number of aliphatic hydroxyl groups excluding tert-OH is 1. The smallest absolute Gasteiger partial charge is 0.332 e. The maximum Gasteiger partial charge on any atom is 0.332 e. The van der Waals surface area contributed by atoms with Crippen LogP contribution in [0, 0.1) is 5.92 Å². The van der Waals surface area contributed by atoms with Crippen LogP contribution in [-0.4, -0.2) is 65.9 Å². The van der Waals surface area contributed by atoms with E-state index in [4.69, 9.17) is 14.2 Å². The Morgan fingerprint density at radius 2 is 1.88 bits per heavy atom. The highest BCUT2D eigenvalue weighted by Gasteiger charge is 2.35. The zero-order valence-corrected chi connectivity index (χ0v) is 23.2. The van der Waals surface area contributed by atoms with E-state index < -0.39 is 0 Å². The molecule has 2 unspecified atom stereocenters. The molecule has 0 bridgehead atoms. The van der Waals surface area contributed by atoms with E-state index in [0.29, 0.717) is 5.71 Å². The standard InChI is InChI=1S/C32H37N3O5/c1-22(39-30-5-3-4-18-38-30)31-34-16-17-35(31)27(21-36)13-8-23-6-9-24(10-7-23)25-11-14-28(15-12-25)40-29-19-26(20-29)32(37)33-2/h6-17,22,26,29-30,36H,3-5,18-21H2,1-2H3/p+1/b13-8+,35-27?. The molecule has 5 rings (SSSR count). The van der Waals surface area contributed by atoms with E-state index in [0.717, 1.165) is 67.0 Å². The van der Waals surface area contributed by atoms with Gasteiger partial charge in [-0.05, 0) is 78.9 Å². The lowest BCUT2D eigenvalue weighted by atomic mass is 9.81. The van der Waals surface area contributed by atoms with Crippen molar-refractivity contribution in [2.75, 3.05) is 20.3 Å². The molecule has 2 fully saturated rings. The Bertz CT molecular complexity index is 1280. The maximum absolute atomic E-state index is 11.7. The van der Waals surface area contributed by atoms with Crippen LogP contribution < -0.4 is 10.1 Å². The van der Waals surface area contributed by atoms with Crippen LogP contribution >= 0.6 is 0 Å². The lowest BCUT2D eigenvalue weighted by Gasteiger charge is -2.34. The fourth-order valence-electron chi connectivity index (χ4n) is 5.15. The highest BCUT2D eigenvalue weighted by Crippen LogP contribution is 2.32. The first-order chi connectivity index (χ1) is 19.5. The summed E-state index contributed by atoms with van der Waals surface area (Å²) in [7, 11) is 1.67. The Morgan fingerprint density at radius 1 is 1.15 bits per heavy atom. The molecule has 2 aromatic carbocycles. The minimum absolute atomic E-state index is 0.0637. The summed E-state index contributed by atoms with van der Waals surface area (Å²) < 4.78 is 19.7. The molecule has 210 valence electrons. The van der Waals surface area contributed by atoms with Crippen molar-refractivity contribution in [3.63, 3.8) is 0 Å². The van der Waals surface area contributed by atoms with E-state index in [1.807, 2.05) is 42.0 Å². The number of nitrogens with one attached hydrogen (secondary N) is 1. The van der Waals surface area contributed by atoms with Gasteiger partial charge in [-0.15, -0.1) is 0 Å². The Morgan fingerprint density at radius 3 is 2.52 bits per heavy atom. The second-order valence-corrected chi connectivity index (χ2v) is 10.4. The molecule has 1 saturated heterocycles. The van der Waals surface area contributed by atoms with Crippen molar-refractivity contribution in [1.82, 2.24) is 5.32 Å². The Labute approximate surface area is 235 Å². The normalized spacial score (nSPS) is 24.4. The van der Waals surface area contributed by atoms with Crippen molar-refractivity contribution in [3.05, 3.63) is 72.6 Å². The number of carbonyl (C=O) groups excluding carboxylic acids is 1. The topological polar surface area (TPSA) is 92.4 Å². The number of amidine groups is 1. The van der Waals surface area contributed by atoms with E-state index in [2.05, 4.69) is 46.7 Å². The summed E-state index contributed by atoms with van der Waals surface area (Å²) in [6.45, 7) is 2.55. The van der Waals surface area contributed by atoms with Crippen LogP contribution in [0.3, 0.4) is 0 Å². The second kappa shape index (κ2) is 13.2. The molecule has 0 aromatic heterocycles. The predicted molar refractivity (Wildman–Crippen MR) is 155 cm³/mol. The van der Waals surface area contributed by atoms with Gasteiger partial charge in [-0.3, -0.25) is 4.79 Å². The molecule has 8 heteroatoms. The molecular weight excluding hydrogens is 506 g/mol. The first kappa shape index (κ1) is 28.0. The molecule has 2 aliphatic heterocycles. The molecule has 1 aliphatic carbocycles. The van der Waals surface area contributed by atoms with E-state index in [1.54, 1.807) is 13.2 Å². The summed E-state index contributed by atoms with van der Waals surface area (Å²) in [4.78, 5) is 16.2. The second-order valence-electron chi connectivity index (χ2n) is 10.4. The first-order valence-electron chi connectivity index (χ1n) is 14.1. The average Bonchev–Trinajstić information content (AvgIpc) is 3.46. The average molecular weight is 545 g/mol. The maximum atomic E-state index is 11.7. The van der Waals surface area contributed by atoms with Gasteiger partial charge in [0.1, 0.15) is 30.4 Å². The molecule has 0 spiro atoms. The highest BCUT2D eigenvalue weighted by atomic mass is 16.7. The molecule has 8 nitrogen and oxygen atoms in total.